The first-order chi connectivity index (χ1) is 9.71. The lowest BCUT2D eigenvalue weighted by atomic mass is 10.1. The molecule has 0 spiro atoms. The SMILES string of the molecule is COCc1cccc(NC(=O)N[C@@H]2C=C[C@H](CO)C2)c1. The minimum atomic E-state index is -0.243. The maximum Gasteiger partial charge on any atom is 0.319 e. The lowest BCUT2D eigenvalue weighted by Gasteiger charge is -2.14. The van der Waals surface area contributed by atoms with E-state index in [1.807, 2.05) is 36.4 Å². The Morgan fingerprint density at radius 1 is 1.45 bits per heavy atom. The number of nitrogens with one attached hydrogen (secondary N) is 2. The molecule has 0 heterocycles. The summed E-state index contributed by atoms with van der Waals surface area (Å²) < 4.78 is 5.06. The van der Waals surface area contributed by atoms with E-state index in [-0.39, 0.29) is 24.6 Å². The number of aliphatic hydroxyl groups excluding tert-OH is 1. The van der Waals surface area contributed by atoms with E-state index in [0.717, 1.165) is 17.7 Å². The van der Waals surface area contributed by atoms with Crippen LogP contribution in [0.4, 0.5) is 10.5 Å². The molecule has 5 nitrogen and oxygen atoms in total. The molecule has 1 aliphatic carbocycles. The highest BCUT2D eigenvalue weighted by molar-refractivity contribution is 5.89. The van der Waals surface area contributed by atoms with E-state index in [4.69, 9.17) is 9.84 Å². The quantitative estimate of drug-likeness (QED) is 0.719. The molecule has 0 saturated carbocycles. The third-order valence-corrected chi connectivity index (χ3v) is 3.22. The average Bonchev–Trinajstić information content (AvgIpc) is 2.87. The summed E-state index contributed by atoms with van der Waals surface area (Å²) in [6.45, 7) is 0.635. The van der Waals surface area contributed by atoms with Gasteiger partial charge in [0.1, 0.15) is 0 Å². The first-order valence-electron chi connectivity index (χ1n) is 6.66. The van der Waals surface area contributed by atoms with E-state index in [9.17, 15) is 4.79 Å². The highest BCUT2D eigenvalue weighted by Gasteiger charge is 2.19. The van der Waals surface area contributed by atoms with Crippen LogP contribution in [0.25, 0.3) is 0 Å². The number of carbonyl (C=O) groups is 1. The first-order valence-corrected chi connectivity index (χ1v) is 6.66. The monoisotopic (exact) mass is 276 g/mol. The number of amides is 2. The van der Waals surface area contributed by atoms with Crippen molar-refractivity contribution in [2.45, 2.75) is 19.1 Å². The molecular weight excluding hydrogens is 256 g/mol. The number of hydrogen-bond donors (Lipinski definition) is 3. The van der Waals surface area contributed by atoms with Crippen molar-refractivity contribution in [2.24, 2.45) is 5.92 Å². The van der Waals surface area contributed by atoms with Gasteiger partial charge in [0.2, 0.25) is 0 Å². The number of rotatable bonds is 5. The number of anilines is 1. The summed E-state index contributed by atoms with van der Waals surface area (Å²) in [6.07, 6.45) is 4.60. The Morgan fingerprint density at radius 2 is 2.30 bits per heavy atom. The minimum absolute atomic E-state index is 0.0192. The van der Waals surface area contributed by atoms with Crippen molar-refractivity contribution in [3.05, 3.63) is 42.0 Å². The number of ether oxygens (including phenoxy) is 1. The summed E-state index contributed by atoms with van der Waals surface area (Å²) in [5.74, 6) is 0.144. The Labute approximate surface area is 118 Å². The summed E-state index contributed by atoms with van der Waals surface area (Å²) in [6, 6.07) is 7.27. The Hall–Kier alpha value is -1.85. The summed E-state index contributed by atoms with van der Waals surface area (Å²) in [7, 11) is 1.64. The van der Waals surface area contributed by atoms with Gasteiger partial charge in [-0.25, -0.2) is 4.79 Å². The second-order valence-electron chi connectivity index (χ2n) is 4.90. The third kappa shape index (κ3) is 4.08. The predicted octanol–water partition coefficient (Wildman–Crippen LogP) is 1.89. The van der Waals surface area contributed by atoms with Crippen LogP contribution in [0.2, 0.25) is 0 Å². The molecule has 2 rings (SSSR count). The molecule has 0 bridgehead atoms. The minimum Gasteiger partial charge on any atom is -0.396 e. The van der Waals surface area contributed by atoms with Gasteiger partial charge in [-0.1, -0.05) is 24.3 Å². The number of carbonyl (C=O) groups excluding carboxylic acids is 1. The topological polar surface area (TPSA) is 70.6 Å². The average molecular weight is 276 g/mol. The molecule has 5 heteroatoms. The molecule has 20 heavy (non-hydrogen) atoms. The lowest BCUT2D eigenvalue weighted by Crippen LogP contribution is -2.36. The Morgan fingerprint density at radius 3 is 3.00 bits per heavy atom. The van der Waals surface area contributed by atoms with Gasteiger partial charge in [0.25, 0.3) is 0 Å². The molecule has 0 fully saturated rings. The van der Waals surface area contributed by atoms with Crippen LogP contribution >= 0.6 is 0 Å². The first kappa shape index (κ1) is 14.6. The van der Waals surface area contributed by atoms with Crippen LogP contribution in [-0.2, 0) is 11.3 Å². The molecule has 2 amide bonds. The standard InChI is InChI=1S/C15H20N2O3/c1-20-10-12-3-2-4-13(8-12)16-15(19)17-14-6-5-11(7-14)9-18/h2-6,8,11,14,18H,7,9-10H2,1H3,(H2,16,17,19)/t11-,14+/m0/s1. The van der Waals surface area contributed by atoms with Gasteiger partial charge in [0.05, 0.1) is 6.61 Å². The van der Waals surface area contributed by atoms with Gasteiger partial charge >= 0.3 is 6.03 Å². The van der Waals surface area contributed by atoms with E-state index >= 15 is 0 Å². The van der Waals surface area contributed by atoms with Crippen LogP contribution in [-0.4, -0.2) is 30.9 Å². The molecule has 0 aliphatic heterocycles. The van der Waals surface area contributed by atoms with E-state index < -0.39 is 0 Å². The van der Waals surface area contributed by atoms with Crippen molar-refractivity contribution in [1.29, 1.82) is 0 Å². The number of hydrogen-bond acceptors (Lipinski definition) is 3. The van der Waals surface area contributed by atoms with Crippen LogP contribution in [0.3, 0.4) is 0 Å². The normalized spacial score (nSPS) is 20.9. The van der Waals surface area contributed by atoms with Crippen molar-refractivity contribution in [3.8, 4) is 0 Å². The number of benzene rings is 1. The molecule has 0 aromatic heterocycles. The van der Waals surface area contributed by atoms with E-state index in [0.29, 0.717) is 6.61 Å². The van der Waals surface area contributed by atoms with Gasteiger partial charge in [-0.05, 0) is 24.1 Å². The van der Waals surface area contributed by atoms with E-state index in [1.165, 1.54) is 0 Å². The molecule has 3 N–H and O–H groups in total. The molecule has 0 unspecified atom stereocenters. The number of aliphatic hydroxyl groups is 1. The Bertz CT molecular complexity index is 488. The molecule has 108 valence electrons. The maximum atomic E-state index is 11.9. The molecule has 0 saturated heterocycles. The summed E-state index contributed by atoms with van der Waals surface area (Å²) in [4.78, 5) is 11.9. The number of urea groups is 1. The zero-order chi connectivity index (χ0) is 14.4. The summed E-state index contributed by atoms with van der Waals surface area (Å²) >= 11 is 0. The Balaban J connectivity index is 1.85. The maximum absolute atomic E-state index is 11.9. The second-order valence-corrected chi connectivity index (χ2v) is 4.90. The smallest absolute Gasteiger partial charge is 0.319 e. The van der Waals surface area contributed by atoms with Crippen LogP contribution in [0.5, 0.6) is 0 Å². The van der Waals surface area contributed by atoms with E-state index in [2.05, 4.69) is 10.6 Å². The van der Waals surface area contributed by atoms with Gasteiger partial charge in [0.15, 0.2) is 0 Å². The second kappa shape index (κ2) is 7.07. The number of methoxy groups -OCH3 is 1. The molecular formula is C15H20N2O3. The third-order valence-electron chi connectivity index (χ3n) is 3.22. The van der Waals surface area contributed by atoms with Gasteiger partial charge in [-0.2, -0.15) is 0 Å². The zero-order valence-electron chi connectivity index (χ0n) is 11.5. The fourth-order valence-corrected chi connectivity index (χ4v) is 2.26. The summed E-state index contributed by atoms with van der Waals surface area (Å²) in [5, 5.41) is 14.7. The fraction of sp³-hybridized carbons (Fsp3) is 0.400. The van der Waals surface area contributed by atoms with Gasteiger partial charge < -0.3 is 20.5 Å². The van der Waals surface area contributed by atoms with Crippen molar-refractivity contribution in [2.75, 3.05) is 19.0 Å². The Kier molecular flexibility index (Phi) is 5.15. The molecule has 1 aliphatic rings. The van der Waals surface area contributed by atoms with Gasteiger partial charge in [0, 0.05) is 31.4 Å². The van der Waals surface area contributed by atoms with Crippen molar-refractivity contribution >= 4 is 11.7 Å². The molecule has 1 aromatic carbocycles. The molecule has 2 atom stereocenters. The van der Waals surface area contributed by atoms with Crippen LogP contribution in [0.1, 0.15) is 12.0 Å². The summed E-state index contributed by atoms with van der Waals surface area (Å²) in [5.41, 5.74) is 1.74. The van der Waals surface area contributed by atoms with Crippen molar-refractivity contribution in [1.82, 2.24) is 5.32 Å². The van der Waals surface area contributed by atoms with Crippen molar-refractivity contribution < 1.29 is 14.6 Å². The molecule has 1 aromatic rings. The van der Waals surface area contributed by atoms with Crippen LogP contribution in [0.15, 0.2) is 36.4 Å². The highest BCUT2D eigenvalue weighted by Crippen LogP contribution is 2.17. The lowest BCUT2D eigenvalue weighted by molar-refractivity contribution is 0.185. The van der Waals surface area contributed by atoms with Gasteiger partial charge in [-0.3, -0.25) is 0 Å². The fourth-order valence-electron chi connectivity index (χ4n) is 2.26. The zero-order valence-corrected chi connectivity index (χ0v) is 11.5. The highest BCUT2D eigenvalue weighted by atomic mass is 16.5. The predicted molar refractivity (Wildman–Crippen MR) is 77.4 cm³/mol. The van der Waals surface area contributed by atoms with Crippen molar-refractivity contribution in [3.63, 3.8) is 0 Å². The van der Waals surface area contributed by atoms with Gasteiger partial charge in [-0.15, -0.1) is 0 Å². The van der Waals surface area contributed by atoms with Crippen LogP contribution < -0.4 is 10.6 Å². The van der Waals surface area contributed by atoms with Crippen LogP contribution in [0, 0.1) is 5.92 Å². The largest absolute Gasteiger partial charge is 0.396 e. The van der Waals surface area contributed by atoms with E-state index in [1.54, 1.807) is 7.11 Å². The molecule has 0 radical (unpaired) electrons.